The third-order valence-electron chi connectivity index (χ3n) is 6.53. The summed E-state index contributed by atoms with van der Waals surface area (Å²) in [4.78, 5) is 12.2. The van der Waals surface area contributed by atoms with E-state index >= 15 is 0 Å². The molecule has 10 heteroatoms. The number of aliphatic hydroxyl groups is 1. The number of aromatic nitrogens is 4. The highest BCUT2D eigenvalue weighted by molar-refractivity contribution is 7.99. The number of rotatable bonds is 4. The van der Waals surface area contributed by atoms with Crippen molar-refractivity contribution in [2.75, 3.05) is 30.3 Å². The van der Waals surface area contributed by atoms with E-state index < -0.39 is 0 Å². The van der Waals surface area contributed by atoms with Crippen molar-refractivity contribution in [2.45, 2.75) is 55.7 Å². The number of anilines is 2. The third kappa shape index (κ3) is 3.81. The second-order valence-electron chi connectivity index (χ2n) is 8.84. The Morgan fingerprint density at radius 3 is 2.84 bits per heavy atom. The van der Waals surface area contributed by atoms with Gasteiger partial charge < -0.3 is 20.5 Å². The number of aryl methyl sites for hydroxylation is 1. The Balaban J connectivity index is 1.51. The summed E-state index contributed by atoms with van der Waals surface area (Å²) in [6.45, 7) is 6.72. The van der Waals surface area contributed by atoms with Crippen LogP contribution in [0, 0.1) is 12.3 Å². The maximum Gasteiger partial charge on any atom is 0.155 e. The molecule has 8 nitrogen and oxygen atoms in total. The van der Waals surface area contributed by atoms with Gasteiger partial charge in [-0.05, 0) is 50.7 Å². The van der Waals surface area contributed by atoms with Crippen molar-refractivity contribution in [1.29, 1.82) is 0 Å². The second-order valence-corrected chi connectivity index (χ2v) is 10.2. The maximum absolute atomic E-state index is 9.76. The van der Waals surface area contributed by atoms with Gasteiger partial charge in [-0.1, -0.05) is 23.4 Å². The molecule has 0 radical (unpaired) electrons. The van der Waals surface area contributed by atoms with E-state index in [0.29, 0.717) is 28.1 Å². The highest BCUT2D eigenvalue weighted by atomic mass is 35.5. The van der Waals surface area contributed by atoms with Crippen LogP contribution >= 0.6 is 23.4 Å². The summed E-state index contributed by atoms with van der Waals surface area (Å²) in [6, 6.07) is 3.74. The molecule has 2 aliphatic rings. The van der Waals surface area contributed by atoms with Crippen LogP contribution < -0.4 is 10.6 Å². The first kappa shape index (κ1) is 21.8. The molecule has 0 saturated carbocycles. The molecule has 0 unspecified atom stereocenters. The number of hydrogen-bond acceptors (Lipinski definition) is 8. The van der Waals surface area contributed by atoms with Crippen LogP contribution in [0.4, 0.5) is 11.6 Å². The van der Waals surface area contributed by atoms with Crippen LogP contribution in [-0.2, 0) is 11.3 Å². The van der Waals surface area contributed by atoms with Crippen LogP contribution in [-0.4, -0.2) is 50.5 Å². The van der Waals surface area contributed by atoms with Crippen LogP contribution in [0.15, 0.2) is 28.3 Å². The fraction of sp³-hybridized carbons (Fsp3) is 0.500. The fourth-order valence-corrected chi connectivity index (χ4v) is 5.98. The van der Waals surface area contributed by atoms with Gasteiger partial charge in [0, 0.05) is 24.2 Å². The number of pyridine rings is 1. The molecule has 2 fully saturated rings. The summed E-state index contributed by atoms with van der Waals surface area (Å²) < 4.78 is 7.75. The number of nitrogens with zero attached hydrogens (tertiary/aromatic N) is 5. The molecule has 1 spiro atoms. The summed E-state index contributed by atoms with van der Waals surface area (Å²) in [6.07, 6.45) is 5.30. The van der Waals surface area contributed by atoms with Gasteiger partial charge in [0.15, 0.2) is 5.82 Å². The lowest BCUT2D eigenvalue weighted by molar-refractivity contribution is 0.0976. The van der Waals surface area contributed by atoms with Crippen LogP contribution in [0.1, 0.15) is 37.6 Å². The van der Waals surface area contributed by atoms with Gasteiger partial charge in [0.2, 0.25) is 0 Å². The molecule has 3 N–H and O–H groups in total. The van der Waals surface area contributed by atoms with Crippen molar-refractivity contribution >= 4 is 40.5 Å². The Kier molecular flexibility index (Phi) is 5.69. The van der Waals surface area contributed by atoms with E-state index in [1.54, 1.807) is 6.20 Å². The predicted molar refractivity (Wildman–Crippen MR) is 125 cm³/mol. The van der Waals surface area contributed by atoms with Gasteiger partial charge in [-0.15, -0.1) is 0 Å². The topological polar surface area (TPSA) is 102 Å². The standard InChI is InChI=1S/C22H27ClN6O2S/c1-13-10-22(12-31-13)4-7-28(8-5-22)20-16-9-15(11-30)27-29(16)21(14(2)26-20)32-17-3-6-25-19(24)18(17)23/h3,6,9,13,30H,4-5,7-8,10-12H2,1-2H3,(H2,24,25)/t13-/m0/s1. The second kappa shape index (κ2) is 8.37. The fourth-order valence-electron chi connectivity index (χ4n) is 4.80. The number of fused-ring (bicyclic) bond motifs is 1. The van der Waals surface area contributed by atoms with Crippen LogP contribution in [0.25, 0.3) is 5.52 Å². The normalized spacial score (nSPS) is 20.5. The number of nitrogens with two attached hydrogens (primary N) is 1. The van der Waals surface area contributed by atoms with E-state index in [-0.39, 0.29) is 6.61 Å². The van der Waals surface area contributed by atoms with E-state index in [0.717, 1.165) is 65.9 Å². The number of nitrogen functional groups attached to an aromatic ring is 1. The summed E-state index contributed by atoms with van der Waals surface area (Å²) in [5.74, 6) is 1.19. The van der Waals surface area contributed by atoms with Gasteiger partial charge in [-0.3, -0.25) is 0 Å². The van der Waals surface area contributed by atoms with E-state index in [1.165, 1.54) is 11.8 Å². The number of piperidine rings is 1. The Labute approximate surface area is 196 Å². The molecule has 2 saturated heterocycles. The Bertz CT molecular complexity index is 1160. The van der Waals surface area contributed by atoms with Gasteiger partial charge >= 0.3 is 0 Å². The lowest BCUT2D eigenvalue weighted by Gasteiger charge is -2.39. The lowest BCUT2D eigenvalue weighted by atomic mass is 9.77. The largest absolute Gasteiger partial charge is 0.390 e. The molecule has 0 aromatic carbocycles. The smallest absolute Gasteiger partial charge is 0.155 e. The van der Waals surface area contributed by atoms with E-state index in [2.05, 4.69) is 21.9 Å². The van der Waals surface area contributed by atoms with Crippen LogP contribution in [0.2, 0.25) is 5.02 Å². The van der Waals surface area contributed by atoms with E-state index in [9.17, 15) is 5.11 Å². The highest BCUT2D eigenvalue weighted by Gasteiger charge is 2.41. The maximum atomic E-state index is 9.76. The minimum Gasteiger partial charge on any atom is -0.390 e. The Morgan fingerprint density at radius 1 is 1.38 bits per heavy atom. The van der Waals surface area contributed by atoms with Gasteiger partial charge in [0.05, 0.1) is 35.7 Å². The van der Waals surface area contributed by atoms with Gasteiger partial charge in [0.25, 0.3) is 0 Å². The van der Waals surface area contributed by atoms with Gasteiger partial charge in [0.1, 0.15) is 16.4 Å². The molecule has 3 aromatic rings. The Morgan fingerprint density at radius 2 is 2.16 bits per heavy atom. The van der Waals surface area contributed by atoms with Crippen LogP contribution in [0.3, 0.4) is 0 Å². The minimum absolute atomic E-state index is 0.133. The molecular formula is C22H27ClN6O2S. The zero-order valence-corrected chi connectivity index (χ0v) is 19.8. The minimum atomic E-state index is -0.133. The molecule has 0 bridgehead atoms. The SMILES string of the molecule is Cc1nc(N2CCC3(CC2)CO[C@@H](C)C3)c2cc(CO)nn2c1Sc1ccnc(N)c1Cl. The van der Waals surface area contributed by atoms with Crippen molar-refractivity contribution in [1.82, 2.24) is 19.6 Å². The summed E-state index contributed by atoms with van der Waals surface area (Å²) in [5.41, 5.74) is 8.51. The van der Waals surface area contributed by atoms with Crippen molar-refractivity contribution in [3.8, 4) is 0 Å². The third-order valence-corrected chi connectivity index (χ3v) is 8.26. The first-order chi connectivity index (χ1) is 15.4. The molecule has 170 valence electrons. The molecule has 32 heavy (non-hydrogen) atoms. The first-order valence-corrected chi connectivity index (χ1v) is 12.0. The number of hydrogen-bond donors (Lipinski definition) is 2. The Hall–Kier alpha value is -2.07. The van der Waals surface area contributed by atoms with Crippen molar-refractivity contribution in [3.63, 3.8) is 0 Å². The van der Waals surface area contributed by atoms with Crippen molar-refractivity contribution in [3.05, 3.63) is 34.7 Å². The predicted octanol–water partition coefficient (Wildman–Crippen LogP) is 3.71. The zero-order valence-electron chi connectivity index (χ0n) is 18.2. The molecule has 1 atom stereocenters. The molecular weight excluding hydrogens is 448 g/mol. The number of aliphatic hydroxyl groups excluding tert-OH is 1. The van der Waals surface area contributed by atoms with Crippen LogP contribution in [0.5, 0.6) is 0 Å². The van der Waals surface area contributed by atoms with Crippen molar-refractivity contribution < 1.29 is 9.84 Å². The van der Waals surface area contributed by atoms with Crippen molar-refractivity contribution in [2.24, 2.45) is 5.41 Å². The summed E-state index contributed by atoms with van der Waals surface area (Å²) >= 11 is 7.83. The number of halogens is 1. The highest BCUT2D eigenvalue weighted by Crippen LogP contribution is 2.43. The molecule has 3 aromatic heterocycles. The van der Waals surface area contributed by atoms with Gasteiger partial charge in [-0.2, -0.15) is 5.10 Å². The van der Waals surface area contributed by atoms with Gasteiger partial charge in [-0.25, -0.2) is 14.5 Å². The summed E-state index contributed by atoms with van der Waals surface area (Å²) in [7, 11) is 0. The molecule has 5 rings (SSSR count). The molecule has 5 heterocycles. The average molecular weight is 475 g/mol. The van der Waals surface area contributed by atoms with E-state index in [4.69, 9.17) is 27.1 Å². The first-order valence-electron chi connectivity index (χ1n) is 10.8. The summed E-state index contributed by atoms with van der Waals surface area (Å²) in [5, 5.41) is 15.7. The quantitative estimate of drug-likeness (QED) is 0.590. The molecule has 2 aliphatic heterocycles. The zero-order chi connectivity index (χ0) is 22.5. The monoisotopic (exact) mass is 474 g/mol. The molecule has 0 amide bonds. The average Bonchev–Trinajstić information content (AvgIpc) is 3.37. The number of ether oxygens (including phenoxy) is 1. The van der Waals surface area contributed by atoms with E-state index in [1.807, 2.05) is 23.6 Å². The lowest BCUT2D eigenvalue weighted by Crippen LogP contribution is -2.41. The molecule has 0 aliphatic carbocycles.